The standard InChI is InChI=1S/C21H17NO/c1-15-11-13-17(14-12-15)21(16-7-3-2-4-8-16)18-9-5-6-10-19(18)22-20(21)23/h2-14H,1H3,(H,22,23). The molecule has 0 saturated carbocycles. The van der Waals surface area contributed by atoms with Crippen LogP contribution in [-0.4, -0.2) is 5.91 Å². The first kappa shape index (κ1) is 13.8. The molecule has 1 unspecified atom stereocenters. The van der Waals surface area contributed by atoms with Crippen molar-refractivity contribution in [2.75, 3.05) is 5.32 Å². The summed E-state index contributed by atoms with van der Waals surface area (Å²) in [5.74, 6) is 0.00810. The number of amides is 1. The number of rotatable bonds is 2. The Bertz CT molecular complexity index is 868. The lowest BCUT2D eigenvalue weighted by Crippen LogP contribution is -2.36. The Morgan fingerprint density at radius 1 is 0.739 bits per heavy atom. The van der Waals surface area contributed by atoms with Gasteiger partial charge < -0.3 is 5.32 Å². The van der Waals surface area contributed by atoms with E-state index in [4.69, 9.17) is 0 Å². The fraction of sp³-hybridized carbons (Fsp3) is 0.0952. The van der Waals surface area contributed by atoms with Crippen LogP contribution in [-0.2, 0) is 10.2 Å². The van der Waals surface area contributed by atoms with Crippen molar-refractivity contribution in [3.63, 3.8) is 0 Å². The second-order valence-corrected chi connectivity index (χ2v) is 5.98. The van der Waals surface area contributed by atoms with Crippen molar-refractivity contribution in [1.29, 1.82) is 0 Å². The van der Waals surface area contributed by atoms with Crippen molar-refractivity contribution in [2.24, 2.45) is 0 Å². The summed E-state index contributed by atoms with van der Waals surface area (Å²) in [4.78, 5) is 13.1. The minimum atomic E-state index is -0.786. The van der Waals surface area contributed by atoms with E-state index in [0.29, 0.717) is 0 Å². The lowest BCUT2D eigenvalue weighted by atomic mass is 9.70. The van der Waals surface area contributed by atoms with Gasteiger partial charge in [-0.05, 0) is 24.1 Å². The van der Waals surface area contributed by atoms with Gasteiger partial charge in [0, 0.05) is 11.3 Å². The smallest absolute Gasteiger partial charge is 0.244 e. The number of nitrogens with one attached hydrogen (secondary N) is 1. The third-order valence-corrected chi connectivity index (χ3v) is 4.61. The third-order valence-electron chi connectivity index (χ3n) is 4.61. The average Bonchev–Trinajstić information content (AvgIpc) is 2.89. The number of carbonyl (C=O) groups is 1. The summed E-state index contributed by atoms with van der Waals surface area (Å²) in [6, 6.07) is 26.2. The summed E-state index contributed by atoms with van der Waals surface area (Å²) in [5, 5.41) is 3.06. The average molecular weight is 299 g/mol. The SMILES string of the molecule is Cc1ccc(C2(c3ccccc3)C(=O)Nc3ccccc32)cc1. The zero-order chi connectivity index (χ0) is 15.9. The van der Waals surface area contributed by atoms with Gasteiger partial charge in [0.25, 0.3) is 0 Å². The molecule has 0 aliphatic carbocycles. The fourth-order valence-corrected chi connectivity index (χ4v) is 3.49. The normalized spacial score (nSPS) is 19.3. The molecular weight excluding hydrogens is 282 g/mol. The Kier molecular flexibility index (Phi) is 3.05. The highest BCUT2D eigenvalue weighted by Gasteiger charge is 2.49. The van der Waals surface area contributed by atoms with Crippen LogP contribution in [0.15, 0.2) is 78.9 Å². The van der Waals surface area contributed by atoms with E-state index >= 15 is 0 Å². The molecule has 0 aromatic heterocycles. The molecule has 23 heavy (non-hydrogen) atoms. The van der Waals surface area contributed by atoms with Crippen molar-refractivity contribution in [3.05, 3.63) is 101 Å². The summed E-state index contributed by atoms with van der Waals surface area (Å²) in [7, 11) is 0. The van der Waals surface area contributed by atoms with Crippen molar-refractivity contribution < 1.29 is 4.79 Å². The molecule has 0 bridgehead atoms. The van der Waals surface area contributed by atoms with Crippen LogP contribution < -0.4 is 5.32 Å². The maximum absolute atomic E-state index is 13.1. The van der Waals surface area contributed by atoms with Crippen LogP contribution in [0, 0.1) is 6.92 Å². The summed E-state index contributed by atoms with van der Waals surface area (Å²) in [6.45, 7) is 2.06. The van der Waals surface area contributed by atoms with Gasteiger partial charge in [0.1, 0.15) is 5.41 Å². The first-order valence-electron chi connectivity index (χ1n) is 7.76. The Morgan fingerprint density at radius 2 is 1.35 bits per heavy atom. The molecule has 1 N–H and O–H groups in total. The fourth-order valence-electron chi connectivity index (χ4n) is 3.49. The van der Waals surface area contributed by atoms with Gasteiger partial charge in [-0.1, -0.05) is 78.4 Å². The summed E-state index contributed by atoms with van der Waals surface area (Å²) < 4.78 is 0. The van der Waals surface area contributed by atoms with Gasteiger partial charge in [0.15, 0.2) is 0 Å². The summed E-state index contributed by atoms with van der Waals surface area (Å²) in [5.41, 5.74) is 4.29. The molecule has 0 radical (unpaired) electrons. The number of carbonyl (C=O) groups excluding carboxylic acids is 1. The van der Waals surface area contributed by atoms with E-state index < -0.39 is 5.41 Å². The molecule has 1 aliphatic rings. The van der Waals surface area contributed by atoms with E-state index in [9.17, 15) is 4.79 Å². The van der Waals surface area contributed by atoms with Gasteiger partial charge in [0.05, 0.1) is 0 Å². The topological polar surface area (TPSA) is 29.1 Å². The summed E-state index contributed by atoms with van der Waals surface area (Å²) >= 11 is 0. The molecule has 1 atom stereocenters. The highest BCUT2D eigenvalue weighted by atomic mass is 16.2. The first-order valence-corrected chi connectivity index (χ1v) is 7.76. The molecule has 1 aliphatic heterocycles. The van der Waals surface area contributed by atoms with Crippen LogP contribution in [0.2, 0.25) is 0 Å². The van der Waals surface area contributed by atoms with E-state index in [1.165, 1.54) is 5.56 Å². The van der Waals surface area contributed by atoms with E-state index in [-0.39, 0.29) is 5.91 Å². The van der Waals surface area contributed by atoms with Gasteiger partial charge >= 0.3 is 0 Å². The maximum Gasteiger partial charge on any atom is 0.244 e. The first-order chi connectivity index (χ1) is 11.2. The molecule has 3 aromatic carbocycles. The van der Waals surface area contributed by atoms with E-state index in [2.05, 4.69) is 36.5 Å². The zero-order valence-electron chi connectivity index (χ0n) is 12.9. The molecule has 3 aromatic rings. The number of benzene rings is 3. The van der Waals surface area contributed by atoms with Crippen LogP contribution in [0.3, 0.4) is 0 Å². The molecule has 2 nitrogen and oxygen atoms in total. The Labute approximate surface area is 135 Å². The van der Waals surface area contributed by atoms with Crippen molar-refractivity contribution in [3.8, 4) is 0 Å². The van der Waals surface area contributed by atoms with Crippen LogP contribution in [0.5, 0.6) is 0 Å². The van der Waals surface area contributed by atoms with E-state index in [1.54, 1.807) is 0 Å². The number of hydrogen-bond donors (Lipinski definition) is 1. The second kappa shape index (κ2) is 5.10. The number of fused-ring (bicyclic) bond motifs is 1. The minimum absolute atomic E-state index is 0.00810. The third kappa shape index (κ3) is 1.92. The number of anilines is 1. The van der Waals surface area contributed by atoms with Crippen LogP contribution in [0.25, 0.3) is 0 Å². The molecule has 1 amide bonds. The van der Waals surface area contributed by atoms with Crippen LogP contribution in [0.4, 0.5) is 5.69 Å². The highest BCUT2D eigenvalue weighted by Crippen LogP contribution is 2.47. The monoisotopic (exact) mass is 299 g/mol. The highest BCUT2D eigenvalue weighted by molar-refractivity contribution is 6.11. The van der Waals surface area contributed by atoms with Gasteiger partial charge in [-0.2, -0.15) is 0 Å². The predicted octanol–water partition coefficient (Wildman–Crippen LogP) is 4.28. The molecular formula is C21H17NO. The predicted molar refractivity (Wildman–Crippen MR) is 92.6 cm³/mol. The number of para-hydroxylation sites is 1. The molecule has 0 fully saturated rings. The summed E-state index contributed by atoms with van der Waals surface area (Å²) in [6.07, 6.45) is 0. The Morgan fingerprint density at radius 3 is 2.09 bits per heavy atom. The Hall–Kier alpha value is -2.87. The number of hydrogen-bond acceptors (Lipinski definition) is 1. The van der Waals surface area contributed by atoms with Crippen LogP contribution >= 0.6 is 0 Å². The maximum atomic E-state index is 13.1. The lowest BCUT2D eigenvalue weighted by molar-refractivity contribution is -0.118. The largest absolute Gasteiger partial charge is 0.324 e. The second-order valence-electron chi connectivity index (χ2n) is 5.98. The molecule has 112 valence electrons. The van der Waals surface area contributed by atoms with Crippen molar-refractivity contribution in [1.82, 2.24) is 0 Å². The minimum Gasteiger partial charge on any atom is -0.324 e. The van der Waals surface area contributed by atoms with Gasteiger partial charge in [-0.3, -0.25) is 4.79 Å². The molecule has 2 heteroatoms. The van der Waals surface area contributed by atoms with E-state index in [0.717, 1.165) is 22.4 Å². The quantitative estimate of drug-likeness (QED) is 0.752. The zero-order valence-corrected chi connectivity index (χ0v) is 12.9. The van der Waals surface area contributed by atoms with E-state index in [1.807, 2.05) is 54.6 Å². The molecule has 0 spiro atoms. The van der Waals surface area contributed by atoms with Gasteiger partial charge in [-0.15, -0.1) is 0 Å². The Balaban J connectivity index is 2.07. The van der Waals surface area contributed by atoms with Gasteiger partial charge in [-0.25, -0.2) is 0 Å². The molecule has 4 rings (SSSR count). The molecule has 0 saturated heterocycles. The molecule has 1 heterocycles. The number of aryl methyl sites for hydroxylation is 1. The van der Waals surface area contributed by atoms with Crippen LogP contribution in [0.1, 0.15) is 22.3 Å². The van der Waals surface area contributed by atoms with Crippen molar-refractivity contribution in [2.45, 2.75) is 12.3 Å². The lowest BCUT2D eigenvalue weighted by Gasteiger charge is -2.29. The van der Waals surface area contributed by atoms with Gasteiger partial charge in [0.2, 0.25) is 5.91 Å². The van der Waals surface area contributed by atoms with Crippen molar-refractivity contribution >= 4 is 11.6 Å².